The minimum atomic E-state index is -0.250. The molecule has 0 fully saturated rings. The van der Waals surface area contributed by atoms with Gasteiger partial charge in [-0.3, -0.25) is 9.69 Å². The molecule has 0 aliphatic carbocycles. The first-order valence-electron chi connectivity index (χ1n) is 8.74. The summed E-state index contributed by atoms with van der Waals surface area (Å²) in [6, 6.07) is 14.7. The number of hydrogen-bond acceptors (Lipinski definition) is 3. The summed E-state index contributed by atoms with van der Waals surface area (Å²) in [5.74, 6) is -0.196. The van der Waals surface area contributed by atoms with Gasteiger partial charge in [0.2, 0.25) is 5.91 Å². The quantitative estimate of drug-likeness (QED) is 0.758. The molecule has 140 valence electrons. The van der Waals surface area contributed by atoms with Crippen molar-refractivity contribution < 1.29 is 9.18 Å². The second kappa shape index (κ2) is 8.81. The minimum absolute atomic E-state index is 0.0346. The van der Waals surface area contributed by atoms with Gasteiger partial charge in [0.05, 0.1) is 6.54 Å². The fourth-order valence-electron chi connectivity index (χ4n) is 2.73. The van der Waals surface area contributed by atoms with Gasteiger partial charge in [-0.25, -0.2) is 4.39 Å². The van der Waals surface area contributed by atoms with Crippen molar-refractivity contribution in [2.75, 3.05) is 39.6 Å². The van der Waals surface area contributed by atoms with E-state index in [4.69, 9.17) is 0 Å². The number of benzene rings is 2. The van der Waals surface area contributed by atoms with Crippen LogP contribution in [0.3, 0.4) is 0 Å². The van der Waals surface area contributed by atoms with Crippen molar-refractivity contribution in [3.8, 4) is 0 Å². The highest BCUT2D eigenvalue weighted by atomic mass is 19.1. The van der Waals surface area contributed by atoms with Gasteiger partial charge in [0, 0.05) is 39.4 Å². The van der Waals surface area contributed by atoms with Gasteiger partial charge in [-0.05, 0) is 49.4 Å². The summed E-state index contributed by atoms with van der Waals surface area (Å²) >= 11 is 0. The van der Waals surface area contributed by atoms with Crippen molar-refractivity contribution in [3.05, 3.63) is 65.5 Å². The molecular formula is C21H28FN3O. The third-order valence-corrected chi connectivity index (χ3v) is 4.70. The number of halogens is 1. The van der Waals surface area contributed by atoms with Crippen LogP contribution in [0.5, 0.6) is 0 Å². The molecule has 0 spiro atoms. The molecular weight excluding hydrogens is 329 g/mol. The summed E-state index contributed by atoms with van der Waals surface area (Å²) in [6.07, 6.45) is 0. The highest BCUT2D eigenvalue weighted by Crippen LogP contribution is 2.19. The predicted molar refractivity (Wildman–Crippen MR) is 105 cm³/mol. The lowest BCUT2D eigenvalue weighted by molar-refractivity contribution is -0.131. The summed E-state index contributed by atoms with van der Waals surface area (Å²) < 4.78 is 13.1. The van der Waals surface area contributed by atoms with Gasteiger partial charge in [-0.2, -0.15) is 0 Å². The molecule has 0 N–H and O–H groups in total. The number of nitrogens with zero attached hydrogens (tertiary/aromatic N) is 3. The van der Waals surface area contributed by atoms with Crippen LogP contribution in [0.25, 0.3) is 0 Å². The van der Waals surface area contributed by atoms with Gasteiger partial charge in [0.1, 0.15) is 5.82 Å². The number of anilines is 1. The second-order valence-electron chi connectivity index (χ2n) is 6.95. The van der Waals surface area contributed by atoms with E-state index in [0.717, 1.165) is 16.8 Å². The van der Waals surface area contributed by atoms with E-state index in [-0.39, 0.29) is 17.8 Å². The average Bonchev–Trinajstić information content (AvgIpc) is 2.62. The molecule has 0 aliphatic heterocycles. The Kier molecular flexibility index (Phi) is 6.75. The largest absolute Gasteiger partial charge is 0.378 e. The van der Waals surface area contributed by atoms with Crippen LogP contribution in [0.4, 0.5) is 10.1 Å². The van der Waals surface area contributed by atoms with E-state index in [0.29, 0.717) is 13.1 Å². The zero-order valence-electron chi connectivity index (χ0n) is 16.2. The van der Waals surface area contributed by atoms with Crippen molar-refractivity contribution in [3.63, 3.8) is 0 Å². The van der Waals surface area contributed by atoms with Gasteiger partial charge in [-0.1, -0.05) is 24.3 Å². The molecule has 0 bridgehead atoms. The highest BCUT2D eigenvalue weighted by molar-refractivity contribution is 5.78. The van der Waals surface area contributed by atoms with Crippen LogP contribution in [0, 0.1) is 5.82 Å². The Labute approximate surface area is 155 Å². The molecule has 2 aromatic carbocycles. The van der Waals surface area contributed by atoms with Crippen molar-refractivity contribution >= 4 is 11.6 Å². The van der Waals surface area contributed by atoms with E-state index in [9.17, 15) is 9.18 Å². The van der Waals surface area contributed by atoms with Gasteiger partial charge >= 0.3 is 0 Å². The molecule has 4 nitrogen and oxygen atoms in total. The third-order valence-electron chi connectivity index (χ3n) is 4.70. The molecule has 1 unspecified atom stereocenters. The van der Waals surface area contributed by atoms with E-state index in [1.807, 2.05) is 57.0 Å². The first-order chi connectivity index (χ1) is 12.3. The monoisotopic (exact) mass is 357 g/mol. The Morgan fingerprint density at radius 1 is 0.962 bits per heavy atom. The van der Waals surface area contributed by atoms with Gasteiger partial charge in [-0.15, -0.1) is 0 Å². The number of rotatable bonds is 7. The maximum atomic E-state index is 13.1. The molecule has 2 rings (SSSR count). The molecule has 0 aliphatic rings. The zero-order chi connectivity index (χ0) is 19.3. The molecule has 26 heavy (non-hydrogen) atoms. The maximum Gasteiger partial charge on any atom is 0.236 e. The lowest BCUT2D eigenvalue weighted by Gasteiger charge is -2.27. The summed E-state index contributed by atoms with van der Waals surface area (Å²) in [4.78, 5) is 18.3. The Bertz CT molecular complexity index is 713. The number of hydrogen-bond donors (Lipinski definition) is 0. The van der Waals surface area contributed by atoms with Gasteiger partial charge in [0.15, 0.2) is 0 Å². The molecule has 0 saturated heterocycles. The SMILES string of the molecule is CC(c1ccc(F)cc1)N(C)CC(=O)N(C)Cc1ccc(N(C)C)cc1. The Morgan fingerprint density at radius 2 is 1.54 bits per heavy atom. The van der Waals surface area contributed by atoms with Crippen LogP contribution in [-0.4, -0.2) is 50.4 Å². The molecule has 1 amide bonds. The maximum absolute atomic E-state index is 13.1. The molecule has 0 saturated carbocycles. The van der Waals surface area contributed by atoms with E-state index >= 15 is 0 Å². The zero-order valence-corrected chi connectivity index (χ0v) is 16.2. The normalized spacial score (nSPS) is 12.1. The number of likely N-dealkylation sites (N-methyl/N-ethyl adjacent to an activating group) is 2. The topological polar surface area (TPSA) is 26.8 Å². The number of carbonyl (C=O) groups excluding carboxylic acids is 1. The van der Waals surface area contributed by atoms with Gasteiger partial charge in [0.25, 0.3) is 0 Å². The van der Waals surface area contributed by atoms with Crippen LogP contribution >= 0.6 is 0 Å². The first-order valence-corrected chi connectivity index (χ1v) is 8.74. The van der Waals surface area contributed by atoms with Crippen LogP contribution in [-0.2, 0) is 11.3 Å². The number of carbonyl (C=O) groups is 1. The molecule has 0 radical (unpaired) electrons. The molecule has 0 aromatic heterocycles. The van der Waals surface area contributed by atoms with E-state index in [1.54, 1.807) is 17.0 Å². The Balaban J connectivity index is 1.92. The van der Waals surface area contributed by atoms with E-state index in [2.05, 4.69) is 12.1 Å². The standard InChI is InChI=1S/C21H28FN3O/c1-16(18-8-10-19(22)11-9-18)24(4)15-21(26)25(5)14-17-6-12-20(13-7-17)23(2)3/h6-13,16H,14-15H2,1-5H3. The lowest BCUT2D eigenvalue weighted by Crippen LogP contribution is -2.37. The molecule has 2 aromatic rings. The van der Waals surface area contributed by atoms with Crippen molar-refractivity contribution in [1.82, 2.24) is 9.80 Å². The number of amides is 1. The van der Waals surface area contributed by atoms with Crippen LogP contribution < -0.4 is 4.90 Å². The van der Waals surface area contributed by atoms with E-state index < -0.39 is 0 Å². The molecule has 1 atom stereocenters. The van der Waals surface area contributed by atoms with Crippen molar-refractivity contribution in [2.45, 2.75) is 19.5 Å². The summed E-state index contributed by atoms with van der Waals surface area (Å²) in [5, 5.41) is 0. The summed E-state index contributed by atoms with van der Waals surface area (Å²) in [6.45, 7) is 2.90. The van der Waals surface area contributed by atoms with Crippen molar-refractivity contribution in [1.29, 1.82) is 0 Å². The van der Waals surface area contributed by atoms with Crippen LogP contribution in [0.15, 0.2) is 48.5 Å². The third kappa shape index (κ3) is 5.30. The molecule has 0 heterocycles. The Hall–Kier alpha value is -2.40. The van der Waals surface area contributed by atoms with Gasteiger partial charge < -0.3 is 9.80 Å². The second-order valence-corrected chi connectivity index (χ2v) is 6.95. The molecule has 5 heteroatoms. The van der Waals surface area contributed by atoms with Crippen LogP contribution in [0.2, 0.25) is 0 Å². The fourth-order valence-corrected chi connectivity index (χ4v) is 2.73. The van der Waals surface area contributed by atoms with Crippen LogP contribution in [0.1, 0.15) is 24.1 Å². The summed E-state index contributed by atoms with van der Waals surface area (Å²) in [7, 11) is 7.73. The Morgan fingerprint density at radius 3 is 2.08 bits per heavy atom. The lowest BCUT2D eigenvalue weighted by atomic mass is 10.1. The van der Waals surface area contributed by atoms with Crippen molar-refractivity contribution in [2.24, 2.45) is 0 Å². The first kappa shape index (κ1) is 19.9. The average molecular weight is 357 g/mol. The smallest absolute Gasteiger partial charge is 0.236 e. The highest BCUT2D eigenvalue weighted by Gasteiger charge is 2.17. The van der Waals surface area contributed by atoms with E-state index in [1.165, 1.54) is 12.1 Å². The minimum Gasteiger partial charge on any atom is -0.378 e. The predicted octanol–water partition coefficient (Wildman–Crippen LogP) is 3.54. The summed E-state index contributed by atoms with van der Waals surface area (Å²) in [5.41, 5.74) is 3.22. The fraction of sp³-hybridized carbons (Fsp3) is 0.381.